The maximum Gasteiger partial charge on any atom is 0.193 e. The fourth-order valence-corrected chi connectivity index (χ4v) is 3.60. The summed E-state index contributed by atoms with van der Waals surface area (Å²) < 4.78 is 0. The van der Waals surface area contributed by atoms with Crippen LogP contribution in [0.4, 0.5) is 0 Å². The Morgan fingerprint density at radius 2 is 1.00 bits per heavy atom. The molecule has 0 aliphatic rings. The molecule has 2 nitrogen and oxygen atoms in total. The fraction of sp³-hybridized carbons (Fsp3) is 0.481. The summed E-state index contributed by atoms with van der Waals surface area (Å²) >= 11 is 0. The molecule has 29 heavy (non-hydrogen) atoms. The zero-order chi connectivity index (χ0) is 20.9. The average molecular weight is 393 g/mol. The Morgan fingerprint density at radius 3 is 1.52 bits per heavy atom. The van der Waals surface area contributed by atoms with Gasteiger partial charge in [0.1, 0.15) is 0 Å². The number of hydrogen-bond donors (Lipinski definition) is 0. The molecule has 2 aromatic carbocycles. The molecule has 0 saturated heterocycles. The third-order valence-electron chi connectivity index (χ3n) is 5.54. The molecule has 0 saturated carbocycles. The summed E-state index contributed by atoms with van der Waals surface area (Å²) in [7, 11) is 0. The number of ketones is 2. The van der Waals surface area contributed by atoms with E-state index in [-0.39, 0.29) is 11.6 Å². The molecule has 0 aliphatic carbocycles. The van der Waals surface area contributed by atoms with Crippen molar-refractivity contribution in [1.82, 2.24) is 0 Å². The van der Waals surface area contributed by atoms with Crippen molar-refractivity contribution < 1.29 is 9.59 Å². The van der Waals surface area contributed by atoms with Crippen LogP contribution in [0.1, 0.15) is 109 Å². The van der Waals surface area contributed by atoms with Crippen LogP contribution in [0.5, 0.6) is 0 Å². The largest absolute Gasteiger partial charge is 0.294 e. The van der Waals surface area contributed by atoms with Crippen molar-refractivity contribution in [2.45, 2.75) is 84.5 Å². The van der Waals surface area contributed by atoms with Gasteiger partial charge in [-0.2, -0.15) is 0 Å². The summed E-state index contributed by atoms with van der Waals surface area (Å²) in [6.45, 7) is 4.25. The van der Waals surface area contributed by atoms with Crippen LogP contribution in [0, 0.1) is 6.92 Å². The second kappa shape index (κ2) is 13.1. The molecule has 0 atom stereocenters. The summed E-state index contributed by atoms with van der Waals surface area (Å²) in [5.41, 5.74) is 3.15. The first-order chi connectivity index (χ1) is 14.1. The molecule has 0 amide bonds. The SMILES string of the molecule is CCCCCCCCCCCCC(=O)c1ccc(C(=O)c2ccc(C)cc2)cc1. The summed E-state index contributed by atoms with van der Waals surface area (Å²) in [6, 6.07) is 14.7. The van der Waals surface area contributed by atoms with Crippen LogP contribution in [0.15, 0.2) is 48.5 Å². The fourth-order valence-electron chi connectivity index (χ4n) is 3.60. The van der Waals surface area contributed by atoms with E-state index in [1.54, 1.807) is 24.3 Å². The number of carbonyl (C=O) groups is 2. The van der Waals surface area contributed by atoms with Crippen LogP contribution in [-0.4, -0.2) is 11.6 Å². The molecule has 0 radical (unpaired) electrons. The predicted molar refractivity (Wildman–Crippen MR) is 122 cm³/mol. The normalized spacial score (nSPS) is 10.8. The van der Waals surface area contributed by atoms with Crippen molar-refractivity contribution in [1.29, 1.82) is 0 Å². The minimum Gasteiger partial charge on any atom is -0.294 e. The van der Waals surface area contributed by atoms with Gasteiger partial charge in [0.05, 0.1) is 0 Å². The highest BCUT2D eigenvalue weighted by atomic mass is 16.1. The predicted octanol–water partition coefficient (Wildman–Crippen LogP) is 7.72. The highest BCUT2D eigenvalue weighted by molar-refractivity contribution is 6.09. The highest BCUT2D eigenvalue weighted by Gasteiger charge is 2.11. The molecule has 0 heterocycles. The lowest BCUT2D eigenvalue weighted by molar-refractivity contribution is 0.0977. The van der Waals surface area contributed by atoms with E-state index in [2.05, 4.69) is 6.92 Å². The number of rotatable bonds is 14. The highest BCUT2D eigenvalue weighted by Crippen LogP contribution is 2.15. The zero-order valence-electron chi connectivity index (χ0n) is 18.2. The molecule has 0 bridgehead atoms. The third-order valence-corrected chi connectivity index (χ3v) is 5.54. The van der Waals surface area contributed by atoms with Crippen LogP contribution in [0.25, 0.3) is 0 Å². The number of aryl methyl sites for hydroxylation is 1. The van der Waals surface area contributed by atoms with Gasteiger partial charge in [-0.25, -0.2) is 0 Å². The lowest BCUT2D eigenvalue weighted by Crippen LogP contribution is -2.03. The van der Waals surface area contributed by atoms with Crippen molar-refractivity contribution in [2.75, 3.05) is 0 Å². The van der Waals surface area contributed by atoms with Gasteiger partial charge in [0.2, 0.25) is 0 Å². The molecule has 0 aromatic heterocycles. The first kappa shape index (κ1) is 23.1. The molecule has 2 heteroatoms. The minimum atomic E-state index is -0.00121. The molecule has 2 aromatic rings. The monoisotopic (exact) mass is 392 g/mol. The minimum absolute atomic E-state index is 0.00121. The van der Waals surface area contributed by atoms with Gasteiger partial charge in [-0.3, -0.25) is 9.59 Å². The van der Waals surface area contributed by atoms with Crippen molar-refractivity contribution >= 4 is 11.6 Å². The Morgan fingerprint density at radius 1 is 0.586 bits per heavy atom. The van der Waals surface area contributed by atoms with Crippen LogP contribution >= 0.6 is 0 Å². The first-order valence-electron chi connectivity index (χ1n) is 11.4. The third kappa shape index (κ3) is 8.35. The average Bonchev–Trinajstić information content (AvgIpc) is 2.75. The molecule has 156 valence electrons. The van der Waals surface area contributed by atoms with E-state index in [4.69, 9.17) is 0 Å². The van der Waals surface area contributed by atoms with Crippen molar-refractivity contribution in [3.63, 3.8) is 0 Å². The van der Waals surface area contributed by atoms with Crippen LogP contribution < -0.4 is 0 Å². The molecular weight excluding hydrogens is 356 g/mol. The van der Waals surface area contributed by atoms with Crippen molar-refractivity contribution in [2.24, 2.45) is 0 Å². The van der Waals surface area contributed by atoms with Gasteiger partial charge in [0.15, 0.2) is 11.6 Å². The lowest BCUT2D eigenvalue weighted by atomic mass is 9.98. The molecule has 2 rings (SSSR count). The van der Waals surface area contributed by atoms with Gasteiger partial charge in [0, 0.05) is 23.1 Å². The van der Waals surface area contributed by atoms with E-state index in [1.165, 1.54) is 51.4 Å². The number of benzene rings is 2. The standard InChI is InChI=1S/C27H36O2/c1-3-4-5-6-7-8-9-10-11-12-13-26(28)23-18-20-25(21-19-23)27(29)24-16-14-22(2)15-17-24/h14-21H,3-13H2,1-2H3. The first-order valence-corrected chi connectivity index (χ1v) is 11.4. The Hall–Kier alpha value is -2.22. The van der Waals surface area contributed by atoms with E-state index in [9.17, 15) is 9.59 Å². The molecule has 0 spiro atoms. The number of carbonyl (C=O) groups excluding carboxylic acids is 2. The summed E-state index contributed by atoms with van der Waals surface area (Å²) in [5, 5.41) is 0. The van der Waals surface area contributed by atoms with E-state index in [1.807, 2.05) is 31.2 Å². The number of unbranched alkanes of at least 4 members (excludes halogenated alkanes) is 9. The van der Waals surface area contributed by atoms with E-state index in [0.717, 1.165) is 18.4 Å². The van der Waals surface area contributed by atoms with E-state index in [0.29, 0.717) is 23.1 Å². The Labute approximate surface area is 176 Å². The van der Waals surface area contributed by atoms with Crippen LogP contribution in [-0.2, 0) is 0 Å². The van der Waals surface area contributed by atoms with E-state index >= 15 is 0 Å². The van der Waals surface area contributed by atoms with Gasteiger partial charge < -0.3 is 0 Å². The second-order valence-electron chi connectivity index (χ2n) is 8.13. The van der Waals surface area contributed by atoms with Crippen LogP contribution in [0.2, 0.25) is 0 Å². The number of Topliss-reactive ketones (excluding diaryl/α,β-unsaturated/α-hetero) is 1. The van der Waals surface area contributed by atoms with Crippen molar-refractivity contribution in [3.8, 4) is 0 Å². The van der Waals surface area contributed by atoms with Crippen LogP contribution in [0.3, 0.4) is 0 Å². The Kier molecular flexibility index (Phi) is 10.4. The quantitative estimate of drug-likeness (QED) is 0.243. The molecule has 0 N–H and O–H groups in total. The van der Waals surface area contributed by atoms with Gasteiger partial charge in [0.25, 0.3) is 0 Å². The maximum atomic E-state index is 12.5. The van der Waals surface area contributed by atoms with E-state index < -0.39 is 0 Å². The zero-order valence-corrected chi connectivity index (χ0v) is 18.2. The Balaban J connectivity index is 1.67. The molecule has 0 fully saturated rings. The van der Waals surface area contributed by atoms with Gasteiger partial charge in [-0.1, -0.05) is 119 Å². The smallest absolute Gasteiger partial charge is 0.193 e. The number of hydrogen-bond acceptors (Lipinski definition) is 2. The van der Waals surface area contributed by atoms with Gasteiger partial charge in [-0.05, 0) is 13.3 Å². The lowest BCUT2D eigenvalue weighted by Gasteiger charge is -2.05. The molecule has 0 aliphatic heterocycles. The Bertz CT molecular complexity index is 741. The van der Waals surface area contributed by atoms with Crippen molar-refractivity contribution in [3.05, 3.63) is 70.8 Å². The maximum absolute atomic E-state index is 12.5. The second-order valence-corrected chi connectivity index (χ2v) is 8.13. The molecule has 0 unspecified atom stereocenters. The molecular formula is C27H36O2. The topological polar surface area (TPSA) is 34.1 Å². The summed E-state index contributed by atoms with van der Waals surface area (Å²) in [4.78, 5) is 24.9. The summed E-state index contributed by atoms with van der Waals surface area (Å²) in [6.07, 6.45) is 13.3. The van der Waals surface area contributed by atoms with Gasteiger partial charge >= 0.3 is 0 Å². The summed E-state index contributed by atoms with van der Waals surface area (Å²) in [5.74, 6) is 0.178. The van der Waals surface area contributed by atoms with Gasteiger partial charge in [-0.15, -0.1) is 0 Å².